The lowest BCUT2D eigenvalue weighted by Crippen LogP contribution is -1.90. The maximum atomic E-state index is 3.82. The van der Waals surface area contributed by atoms with Crippen LogP contribution in [0.15, 0.2) is 12.7 Å². The van der Waals surface area contributed by atoms with Crippen molar-refractivity contribution in [2.75, 3.05) is 0 Å². The summed E-state index contributed by atoms with van der Waals surface area (Å²) in [5.74, 6) is 3.10. The normalized spacial score (nSPS) is 50.8. The highest BCUT2D eigenvalue weighted by atomic mass is 14.5. The van der Waals surface area contributed by atoms with Gasteiger partial charge in [0, 0.05) is 0 Å². The average molecular weight is 108 g/mol. The molecular formula is C8H12. The second-order valence-electron chi connectivity index (χ2n) is 3.14. The van der Waals surface area contributed by atoms with Gasteiger partial charge in [0.2, 0.25) is 0 Å². The molecule has 0 heteroatoms. The Balaban J connectivity index is 2.06. The molecule has 0 N–H and O–H groups in total. The third-order valence-electron chi connectivity index (χ3n) is 2.70. The predicted octanol–water partition coefficient (Wildman–Crippen LogP) is 2.22. The quantitative estimate of drug-likeness (QED) is 0.452. The molecule has 8 heavy (non-hydrogen) atoms. The molecule has 0 amide bonds. The van der Waals surface area contributed by atoms with Crippen LogP contribution in [-0.4, -0.2) is 0 Å². The van der Waals surface area contributed by atoms with Crippen molar-refractivity contribution in [3.63, 3.8) is 0 Å². The predicted molar refractivity (Wildman–Crippen MR) is 34.5 cm³/mol. The Labute approximate surface area is 50.6 Å². The van der Waals surface area contributed by atoms with Gasteiger partial charge in [-0.25, -0.2) is 0 Å². The van der Waals surface area contributed by atoms with Gasteiger partial charge in [-0.3, -0.25) is 0 Å². The third-order valence-corrected chi connectivity index (χ3v) is 2.70. The van der Waals surface area contributed by atoms with Crippen LogP contribution in [-0.2, 0) is 0 Å². The Bertz CT molecular complexity index is 115. The Hall–Kier alpha value is -0.260. The summed E-state index contributed by atoms with van der Waals surface area (Å²) in [4.78, 5) is 0. The van der Waals surface area contributed by atoms with E-state index in [1.54, 1.807) is 0 Å². The Kier molecular flexibility index (Phi) is 0.787. The summed E-state index contributed by atoms with van der Waals surface area (Å²) in [5.41, 5.74) is 0. The van der Waals surface area contributed by atoms with Crippen molar-refractivity contribution in [1.82, 2.24) is 0 Å². The van der Waals surface area contributed by atoms with E-state index in [4.69, 9.17) is 0 Å². The first-order chi connectivity index (χ1) is 3.92. The summed E-state index contributed by atoms with van der Waals surface area (Å²) in [7, 11) is 0. The monoisotopic (exact) mass is 108 g/mol. The minimum absolute atomic E-state index is 0.903. The molecule has 0 aliphatic heterocycles. The fourth-order valence-corrected chi connectivity index (χ4v) is 2.04. The molecule has 3 atom stereocenters. The van der Waals surface area contributed by atoms with Crippen molar-refractivity contribution in [3.05, 3.63) is 12.7 Å². The standard InChI is InChI=1S/C8H12/c1-2-6-3-4-7-5-8(6)7/h2,6-8H,1,3-5H2/t6-,7-,8-/m0/s1. The molecule has 0 spiro atoms. The summed E-state index contributed by atoms with van der Waals surface area (Å²) >= 11 is 0. The molecule has 0 aromatic heterocycles. The molecule has 0 saturated heterocycles. The van der Waals surface area contributed by atoms with Crippen molar-refractivity contribution in [2.45, 2.75) is 19.3 Å². The van der Waals surface area contributed by atoms with Gasteiger partial charge in [0.25, 0.3) is 0 Å². The lowest BCUT2D eigenvalue weighted by atomic mass is 10.0. The summed E-state index contributed by atoms with van der Waals surface area (Å²) in [5, 5.41) is 0. The van der Waals surface area contributed by atoms with Gasteiger partial charge < -0.3 is 0 Å². The Morgan fingerprint density at radius 2 is 2.25 bits per heavy atom. The van der Waals surface area contributed by atoms with Crippen LogP contribution in [0.5, 0.6) is 0 Å². The summed E-state index contributed by atoms with van der Waals surface area (Å²) in [6, 6.07) is 0. The van der Waals surface area contributed by atoms with E-state index >= 15 is 0 Å². The van der Waals surface area contributed by atoms with E-state index in [1.807, 2.05) is 0 Å². The van der Waals surface area contributed by atoms with Crippen molar-refractivity contribution < 1.29 is 0 Å². The number of hydrogen-bond acceptors (Lipinski definition) is 0. The lowest BCUT2D eigenvalue weighted by molar-refractivity contribution is 0.592. The van der Waals surface area contributed by atoms with Gasteiger partial charge in [-0.1, -0.05) is 6.08 Å². The van der Waals surface area contributed by atoms with Gasteiger partial charge in [0.15, 0.2) is 0 Å². The molecular weight excluding hydrogens is 96.1 g/mol. The van der Waals surface area contributed by atoms with Crippen molar-refractivity contribution >= 4 is 0 Å². The molecule has 2 fully saturated rings. The van der Waals surface area contributed by atoms with Crippen molar-refractivity contribution in [1.29, 1.82) is 0 Å². The first kappa shape index (κ1) is 4.60. The van der Waals surface area contributed by atoms with Crippen LogP contribution < -0.4 is 0 Å². The number of hydrogen-bond donors (Lipinski definition) is 0. The van der Waals surface area contributed by atoms with E-state index in [0.29, 0.717) is 0 Å². The second-order valence-corrected chi connectivity index (χ2v) is 3.14. The lowest BCUT2D eigenvalue weighted by Gasteiger charge is -2.00. The van der Waals surface area contributed by atoms with Gasteiger partial charge in [-0.15, -0.1) is 6.58 Å². The van der Waals surface area contributed by atoms with Gasteiger partial charge in [0.1, 0.15) is 0 Å². The fourth-order valence-electron chi connectivity index (χ4n) is 2.04. The van der Waals surface area contributed by atoms with Gasteiger partial charge in [0.05, 0.1) is 0 Å². The molecule has 2 aliphatic rings. The zero-order chi connectivity index (χ0) is 5.56. The largest absolute Gasteiger partial charge is 0.103 e. The minimum atomic E-state index is 0.903. The number of fused-ring (bicyclic) bond motifs is 1. The van der Waals surface area contributed by atoms with Crippen LogP contribution in [0.25, 0.3) is 0 Å². The topological polar surface area (TPSA) is 0 Å². The fraction of sp³-hybridized carbons (Fsp3) is 0.750. The Morgan fingerprint density at radius 1 is 1.38 bits per heavy atom. The van der Waals surface area contributed by atoms with Crippen molar-refractivity contribution in [3.8, 4) is 0 Å². The molecule has 0 heterocycles. The van der Waals surface area contributed by atoms with E-state index in [9.17, 15) is 0 Å². The van der Waals surface area contributed by atoms with Gasteiger partial charge >= 0.3 is 0 Å². The van der Waals surface area contributed by atoms with Crippen LogP contribution in [0.4, 0.5) is 0 Å². The van der Waals surface area contributed by atoms with E-state index in [-0.39, 0.29) is 0 Å². The van der Waals surface area contributed by atoms with Gasteiger partial charge in [-0.2, -0.15) is 0 Å². The Morgan fingerprint density at radius 3 is 2.50 bits per heavy atom. The van der Waals surface area contributed by atoms with E-state index in [2.05, 4.69) is 12.7 Å². The maximum absolute atomic E-state index is 3.82. The van der Waals surface area contributed by atoms with Crippen LogP contribution in [0.1, 0.15) is 19.3 Å². The zero-order valence-electron chi connectivity index (χ0n) is 5.14. The zero-order valence-corrected chi connectivity index (χ0v) is 5.14. The van der Waals surface area contributed by atoms with E-state index in [0.717, 1.165) is 17.8 Å². The van der Waals surface area contributed by atoms with Crippen LogP contribution in [0.3, 0.4) is 0 Å². The number of rotatable bonds is 1. The summed E-state index contributed by atoms with van der Waals surface area (Å²) in [6.07, 6.45) is 6.58. The van der Waals surface area contributed by atoms with Crippen LogP contribution >= 0.6 is 0 Å². The second kappa shape index (κ2) is 1.37. The third kappa shape index (κ3) is 0.460. The molecule has 2 rings (SSSR count). The molecule has 0 aromatic rings. The molecule has 2 saturated carbocycles. The van der Waals surface area contributed by atoms with Gasteiger partial charge in [-0.05, 0) is 37.0 Å². The molecule has 0 bridgehead atoms. The molecule has 2 aliphatic carbocycles. The van der Waals surface area contributed by atoms with Crippen LogP contribution in [0.2, 0.25) is 0 Å². The molecule has 0 aromatic carbocycles. The smallest absolute Gasteiger partial charge is 0.0205 e. The van der Waals surface area contributed by atoms with E-state index in [1.165, 1.54) is 19.3 Å². The highest BCUT2D eigenvalue weighted by Gasteiger charge is 2.46. The molecule has 44 valence electrons. The first-order valence-electron chi connectivity index (χ1n) is 3.54. The maximum Gasteiger partial charge on any atom is -0.0205 e. The van der Waals surface area contributed by atoms with Crippen molar-refractivity contribution in [2.24, 2.45) is 17.8 Å². The highest BCUT2D eigenvalue weighted by Crippen LogP contribution is 2.55. The van der Waals surface area contributed by atoms with E-state index < -0.39 is 0 Å². The molecule has 0 unspecified atom stereocenters. The minimum Gasteiger partial charge on any atom is -0.103 e. The number of allylic oxidation sites excluding steroid dienone is 1. The molecule has 0 nitrogen and oxygen atoms in total. The summed E-state index contributed by atoms with van der Waals surface area (Å²) in [6.45, 7) is 3.82. The highest BCUT2D eigenvalue weighted by molar-refractivity contribution is 5.03. The SMILES string of the molecule is C=C[C@H]1CC[C@H]2C[C@H]21. The summed E-state index contributed by atoms with van der Waals surface area (Å²) < 4.78 is 0. The molecule has 0 radical (unpaired) electrons. The first-order valence-corrected chi connectivity index (χ1v) is 3.54. The van der Waals surface area contributed by atoms with Crippen LogP contribution in [0, 0.1) is 17.8 Å². The average Bonchev–Trinajstić information content (AvgIpc) is 2.46.